The summed E-state index contributed by atoms with van der Waals surface area (Å²) in [5.41, 5.74) is -4.24. The lowest BCUT2D eigenvalue weighted by Crippen LogP contribution is -2.45. The van der Waals surface area contributed by atoms with Crippen molar-refractivity contribution < 1.29 is 64.0 Å². The van der Waals surface area contributed by atoms with Crippen molar-refractivity contribution in [3.8, 4) is 11.8 Å². The number of carbonyl (C=O) groups excluding carboxylic acids is 3. The van der Waals surface area contributed by atoms with Crippen LogP contribution in [-0.4, -0.2) is 99.4 Å². The number of hydrogen-bond donors (Lipinski definition) is 6. The Morgan fingerprint density at radius 2 is 1.13 bits per heavy atom. The van der Waals surface area contributed by atoms with Gasteiger partial charge in [-0.25, -0.2) is 0 Å². The average molecular weight is 558 g/mol. The molecule has 39 heavy (non-hydrogen) atoms. The molecule has 6 N–H and O–H groups in total. The van der Waals surface area contributed by atoms with Crippen LogP contribution in [0.5, 0.6) is 11.8 Å². The fraction of sp³-hybridized carbons (Fsp3) is 0.640. The Bertz CT molecular complexity index is 1050. The van der Waals surface area contributed by atoms with Crippen molar-refractivity contribution >= 4 is 17.9 Å². The number of ether oxygens (including phenoxy) is 4. The number of esters is 3. The number of aliphatic hydroxyl groups excluding tert-OH is 4. The maximum Gasteiger partial charge on any atom is 0.318 e. The van der Waals surface area contributed by atoms with Gasteiger partial charge in [0.15, 0.2) is 0 Å². The van der Waals surface area contributed by atoms with E-state index in [1.54, 1.807) is 12.2 Å². The Balaban J connectivity index is 1.71. The zero-order valence-corrected chi connectivity index (χ0v) is 22.0. The number of nitrogens with zero attached hydrogens (tertiary/aromatic N) is 1. The van der Waals surface area contributed by atoms with Crippen LogP contribution in [0.25, 0.3) is 0 Å². The van der Waals surface area contributed by atoms with Gasteiger partial charge in [0.25, 0.3) is 0 Å². The van der Waals surface area contributed by atoms with Crippen molar-refractivity contribution in [1.29, 1.82) is 0 Å². The van der Waals surface area contributed by atoms with E-state index in [0.717, 1.165) is 4.57 Å². The largest absolute Gasteiger partial charge is 0.494 e. The van der Waals surface area contributed by atoms with Crippen LogP contribution in [0, 0.1) is 16.2 Å². The second-order valence-electron chi connectivity index (χ2n) is 10.6. The van der Waals surface area contributed by atoms with Gasteiger partial charge in [0.2, 0.25) is 11.8 Å². The summed E-state index contributed by atoms with van der Waals surface area (Å²) in [6.45, 7) is -1.01. The summed E-state index contributed by atoms with van der Waals surface area (Å²) < 4.78 is 22.4. The molecule has 218 valence electrons. The Morgan fingerprint density at radius 3 is 1.51 bits per heavy atom. The predicted octanol–water partition coefficient (Wildman–Crippen LogP) is -0.801. The molecule has 2 aliphatic rings. The highest BCUT2D eigenvalue weighted by Gasteiger charge is 2.44. The number of aromatic hydroxyl groups is 2. The molecule has 0 radical (unpaired) electrons. The number of aliphatic hydroxyl groups is 4. The van der Waals surface area contributed by atoms with Crippen LogP contribution in [0.15, 0.2) is 12.2 Å². The van der Waals surface area contributed by atoms with Gasteiger partial charge in [0, 0.05) is 0 Å². The highest BCUT2D eigenvalue weighted by Crippen LogP contribution is 2.54. The van der Waals surface area contributed by atoms with Crippen LogP contribution in [0.1, 0.15) is 44.1 Å². The van der Waals surface area contributed by atoms with Gasteiger partial charge in [-0.15, -0.1) is 0 Å². The summed E-state index contributed by atoms with van der Waals surface area (Å²) >= 11 is 0. The lowest BCUT2D eigenvalue weighted by Gasteiger charge is -2.30. The number of carbonyl (C=O) groups is 3. The minimum absolute atomic E-state index is 0.147. The van der Waals surface area contributed by atoms with Crippen LogP contribution in [0.3, 0.4) is 0 Å². The van der Waals surface area contributed by atoms with E-state index in [-0.39, 0.29) is 24.9 Å². The highest BCUT2D eigenvalue weighted by molar-refractivity contribution is 5.81. The van der Waals surface area contributed by atoms with Gasteiger partial charge in [0.1, 0.15) is 48.3 Å². The fourth-order valence-corrected chi connectivity index (χ4v) is 3.90. The standard InChI is InChI=1S/C25H35NO13/c1-23(8-27,9-28)20(33)37-12-25(3,13-38-21(34)24(2,10-29)11-30)22(35)36-7-6-26-18(31)16-14-4-5-15(39-14)17(16)19(26)32/h4-5,14-15,27-32H,6-13H2,1-3H3. The molecule has 2 atom stereocenters. The molecule has 0 aromatic carbocycles. The molecule has 3 rings (SSSR count). The maximum absolute atomic E-state index is 13.1. The molecular weight excluding hydrogens is 522 g/mol. The van der Waals surface area contributed by atoms with E-state index in [1.807, 2.05) is 0 Å². The molecule has 0 spiro atoms. The van der Waals surface area contributed by atoms with Gasteiger partial charge < -0.3 is 49.6 Å². The van der Waals surface area contributed by atoms with E-state index in [2.05, 4.69) is 0 Å². The van der Waals surface area contributed by atoms with E-state index in [9.17, 15) is 45.0 Å². The topological polar surface area (TPSA) is 214 Å². The third-order valence-electron chi connectivity index (χ3n) is 7.07. The normalized spacial score (nSPS) is 18.2. The van der Waals surface area contributed by atoms with Crippen LogP contribution < -0.4 is 0 Å². The van der Waals surface area contributed by atoms with E-state index >= 15 is 0 Å². The van der Waals surface area contributed by atoms with Gasteiger partial charge in [-0.05, 0) is 20.8 Å². The predicted molar refractivity (Wildman–Crippen MR) is 129 cm³/mol. The Labute approximate surface area is 224 Å². The lowest BCUT2D eigenvalue weighted by atomic mass is 9.90. The monoisotopic (exact) mass is 557 g/mol. The van der Waals surface area contributed by atoms with Crippen molar-refractivity contribution in [1.82, 2.24) is 4.57 Å². The molecule has 2 aliphatic heterocycles. The molecule has 3 heterocycles. The minimum Gasteiger partial charge on any atom is -0.494 e. The molecule has 2 unspecified atom stereocenters. The van der Waals surface area contributed by atoms with Crippen molar-refractivity contribution in [2.45, 2.75) is 39.5 Å². The number of hydrogen-bond acceptors (Lipinski definition) is 13. The number of fused-ring (bicyclic) bond motifs is 5. The first kappa shape index (κ1) is 30.4. The van der Waals surface area contributed by atoms with Crippen LogP contribution in [0.4, 0.5) is 0 Å². The zero-order valence-electron chi connectivity index (χ0n) is 22.0. The summed E-state index contributed by atoms with van der Waals surface area (Å²) in [7, 11) is 0. The summed E-state index contributed by atoms with van der Waals surface area (Å²) in [4.78, 5) is 38.0. The van der Waals surface area contributed by atoms with Crippen molar-refractivity contribution in [3.63, 3.8) is 0 Å². The smallest absolute Gasteiger partial charge is 0.318 e. The molecule has 0 amide bonds. The summed E-state index contributed by atoms with van der Waals surface area (Å²) in [5, 5.41) is 58.9. The second-order valence-corrected chi connectivity index (χ2v) is 10.6. The van der Waals surface area contributed by atoms with Gasteiger partial charge >= 0.3 is 17.9 Å². The Kier molecular flexibility index (Phi) is 8.97. The first-order chi connectivity index (χ1) is 18.3. The number of aromatic nitrogens is 1. The highest BCUT2D eigenvalue weighted by atomic mass is 16.6. The SMILES string of the molecule is CC(CO)(CO)C(=O)OCC(C)(COC(=O)C(C)(CO)CO)C(=O)OCCn1c(O)c2c(c1O)C1C=CC2O1. The molecule has 2 bridgehead atoms. The van der Waals surface area contributed by atoms with Gasteiger partial charge in [0.05, 0.1) is 44.1 Å². The van der Waals surface area contributed by atoms with Crippen LogP contribution in [0.2, 0.25) is 0 Å². The van der Waals surface area contributed by atoms with Gasteiger partial charge in [-0.2, -0.15) is 0 Å². The van der Waals surface area contributed by atoms with E-state index in [0.29, 0.717) is 11.1 Å². The van der Waals surface area contributed by atoms with Crippen LogP contribution >= 0.6 is 0 Å². The first-order valence-electron chi connectivity index (χ1n) is 12.2. The van der Waals surface area contributed by atoms with Gasteiger partial charge in [-0.1, -0.05) is 12.2 Å². The summed E-state index contributed by atoms with van der Waals surface area (Å²) in [6, 6.07) is 0. The third kappa shape index (κ3) is 5.61. The van der Waals surface area contributed by atoms with E-state index in [1.165, 1.54) is 20.8 Å². The van der Waals surface area contributed by atoms with E-state index in [4.69, 9.17) is 18.9 Å². The Hall–Kier alpha value is -3.17. The van der Waals surface area contributed by atoms with Crippen LogP contribution in [-0.2, 0) is 39.9 Å². The molecule has 1 aromatic heterocycles. The first-order valence-corrected chi connectivity index (χ1v) is 12.2. The number of rotatable bonds is 14. The Morgan fingerprint density at radius 1 is 0.744 bits per heavy atom. The third-order valence-corrected chi connectivity index (χ3v) is 7.07. The molecule has 1 aromatic rings. The molecule has 0 fully saturated rings. The quantitative estimate of drug-likeness (QED) is 0.0940. The van der Waals surface area contributed by atoms with Crippen molar-refractivity contribution in [3.05, 3.63) is 23.3 Å². The zero-order chi connectivity index (χ0) is 29.2. The average Bonchev–Trinajstić information content (AvgIpc) is 3.63. The summed E-state index contributed by atoms with van der Waals surface area (Å²) in [5.74, 6) is -3.48. The molecule has 0 saturated carbocycles. The lowest BCUT2D eigenvalue weighted by molar-refractivity contribution is -0.179. The maximum atomic E-state index is 13.1. The van der Waals surface area contributed by atoms with Crippen molar-refractivity contribution in [2.75, 3.05) is 46.2 Å². The molecule has 14 heteroatoms. The minimum atomic E-state index is -1.79. The fourth-order valence-electron chi connectivity index (χ4n) is 3.90. The second kappa shape index (κ2) is 11.5. The van der Waals surface area contributed by atoms with Gasteiger partial charge in [-0.3, -0.25) is 19.0 Å². The molecule has 14 nitrogen and oxygen atoms in total. The van der Waals surface area contributed by atoms with E-state index < -0.39 is 86.0 Å². The molecule has 0 saturated heterocycles. The van der Waals surface area contributed by atoms with Crippen molar-refractivity contribution in [2.24, 2.45) is 16.2 Å². The molecular formula is C25H35NO13. The molecule has 0 aliphatic carbocycles. The summed E-state index contributed by atoms with van der Waals surface area (Å²) in [6.07, 6.45) is 2.53.